The van der Waals surface area contributed by atoms with Crippen molar-refractivity contribution in [2.45, 2.75) is 13.8 Å². The number of hydrogen-bond acceptors (Lipinski definition) is 3. The smallest absolute Gasteiger partial charge is 0.308 e. The number of hydrogen-bond donors (Lipinski definition) is 1. The summed E-state index contributed by atoms with van der Waals surface area (Å²) in [5, 5.41) is 8.90. The molecule has 0 radical (unpaired) electrons. The molecule has 1 aromatic carbocycles. The molecule has 0 fully saturated rings. The van der Waals surface area contributed by atoms with Crippen LogP contribution in [0.1, 0.15) is 19.4 Å². The maximum atomic E-state index is 12.1. The first-order valence-electron chi connectivity index (χ1n) is 6.81. The second-order valence-electron chi connectivity index (χ2n) is 4.72. The average molecular weight is 291 g/mol. The van der Waals surface area contributed by atoms with Crippen molar-refractivity contribution >= 4 is 18.0 Å². The van der Waals surface area contributed by atoms with Crippen molar-refractivity contribution in [2.24, 2.45) is 5.92 Å². The number of aliphatic carboxylic acids is 1. The zero-order valence-corrected chi connectivity index (χ0v) is 12.6. The van der Waals surface area contributed by atoms with Gasteiger partial charge in [0.1, 0.15) is 5.75 Å². The number of nitrogens with zero attached hydrogens (tertiary/aromatic N) is 1. The zero-order chi connectivity index (χ0) is 15.8. The van der Waals surface area contributed by atoms with E-state index < -0.39 is 11.9 Å². The molecular formula is C16H21NO4. The Morgan fingerprint density at radius 1 is 1.33 bits per heavy atom. The van der Waals surface area contributed by atoms with Gasteiger partial charge in [-0.2, -0.15) is 0 Å². The van der Waals surface area contributed by atoms with Gasteiger partial charge in [-0.15, -0.1) is 0 Å². The molecule has 1 unspecified atom stereocenters. The third-order valence-electron chi connectivity index (χ3n) is 3.14. The fourth-order valence-corrected chi connectivity index (χ4v) is 1.77. The number of carbonyl (C=O) groups is 2. The lowest BCUT2D eigenvalue weighted by Gasteiger charge is -2.21. The highest BCUT2D eigenvalue weighted by molar-refractivity contribution is 5.92. The van der Waals surface area contributed by atoms with Crippen molar-refractivity contribution in [3.05, 3.63) is 35.9 Å². The van der Waals surface area contributed by atoms with Crippen LogP contribution in [0.15, 0.2) is 30.3 Å². The summed E-state index contributed by atoms with van der Waals surface area (Å²) in [5.41, 5.74) is 0.881. The fraction of sp³-hybridized carbons (Fsp3) is 0.375. The molecule has 1 aromatic rings. The molecule has 5 heteroatoms. The van der Waals surface area contributed by atoms with Crippen LogP contribution in [-0.2, 0) is 9.59 Å². The van der Waals surface area contributed by atoms with Crippen LogP contribution >= 0.6 is 0 Å². The van der Waals surface area contributed by atoms with Crippen LogP contribution in [0, 0.1) is 5.92 Å². The number of likely N-dealkylation sites (N-methyl/N-ethyl adjacent to an activating group) is 1. The Balaban J connectivity index is 2.67. The molecule has 21 heavy (non-hydrogen) atoms. The molecule has 1 amide bonds. The molecule has 0 aromatic heterocycles. The Hall–Kier alpha value is -2.30. The zero-order valence-electron chi connectivity index (χ0n) is 12.6. The molecule has 1 rings (SSSR count). The molecule has 0 aliphatic carbocycles. The van der Waals surface area contributed by atoms with Crippen LogP contribution in [-0.4, -0.2) is 42.1 Å². The van der Waals surface area contributed by atoms with Gasteiger partial charge in [0.2, 0.25) is 5.91 Å². The maximum absolute atomic E-state index is 12.1. The maximum Gasteiger partial charge on any atom is 0.308 e. The summed E-state index contributed by atoms with van der Waals surface area (Å²) in [5.74, 6) is -0.922. The van der Waals surface area contributed by atoms with Crippen LogP contribution in [0.3, 0.4) is 0 Å². The molecule has 0 heterocycles. The van der Waals surface area contributed by atoms with Gasteiger partial charge in [-0.05, 0) is 30.7 Å². The lowest BCUT2D eigenvalue weighted by molar-refractivity contribution is -0.142. The van der Waals surface area contributed by atoms with Gasteiger partial charge in [0, 0.05) is 19.2 Å². The predicted molar refractivity (Wildman–Crippen MR) is 81.1 cm³/mol. The van der Waals surface area contributed by atoms with Gasteiger partial charge in [0.05, 0.1) is 13.0 Å². The minimum Gasteiger partial charge on any atom is -0.497 e. The number of ether oxygens (including phenoxy) is 1. The van der Waals surface area contributed by atoms with E-state index in [1.54, 1.807) is 20.1 Å². The van der Waals surface area contributed by atoms with E-state index in [4.69, 9.17) is 9.84 Å². The number of rotatable bonds is 7. The Labute approximate surface area is 124 Å². The third-order valence-corrected chi connectivity index (χ3v) is 3.14. The monoisotopic (exact) mass is 291 g/mol. The standard InChI is InChI=1S/C16H21NO4/c1-4-17(11-12(2)16(19)20)15(18)10-7-13-5-8-14(21-3)9-6-13/h5-10,12H,4,11H2,1-3H3,(H,19,20). The lowest BCUT2D eigenvalue weighted by atomic mass is 10.1. The van der Waals surface area contributed by atoms with E-state index in [2.05, 4.69) is 0 Å². The van der Waals surface area contributed by atoms with Crippen LogP contribution in [0.2, 0.25) is 0 Å². The number of amides is 1. The lowest BCUT2D eigenvalue weighted by Crippen LogP contribution is -2.35. The quantitative estimate of drug-likeness (QED) is 0.783. The summed E-state index contributed by atoms with van der Waals surface area (Å²) in [6.45, 7) is 4.10. The Morgan fingerprint density at radius 2 is 1.95 bits per heavy atom. The Kier molecular flexibility index (Phi) is 6.46. The van der Waals surface area contributed by atoms with Crippen LogP contribution in [0.25, 0.3) is 6.08 Å². The molecule has 5 nitrogen and oxygen atoms in total. The summed E-state index contributed by atoms with van der Waals surface area (Å²) < 4.78 is 5.06. The van der Waals surface area contributed by atoms with Crippen molar-refractivity contribution in [3.63, 3.8) is 0 Å². The summed E-state index contributed by atoms with van der Waals surface area (Å²) in [6, 6.07) is 7.32. The Morgan fingerprint density at radius 3 is 2.43 bits per heavy atom. The number of carboxylic acids is 1. The summed E-state index contributed by atoms with van der Waals surface area (Å²) in [4.78, 5) is 24.4. The van der Waals surface area contributed by atoms with Crippen molar-refractivity contribution < 1.29 is 19.4 Å². The summed E-state index contributed by atoms with van der Waals surface area (Å²) in [7, 11) is 1.59. The second-order valence-corrected chi connectivity index (χ2v) is 4.72. The van der Waals surface area contributed by atoms with Gasteiger partial charge in [-0.3, -0.25) is 9.59 Å². The summed E-state index contributed by atoms with van der Waals surface area (Å²) >= 11 is 0. The number of methoxy groups -OCH3 is 1. The van der Waals surface area contributed by atoms with E-state index in [9.17, 15) is 9.59 Å². The van der Waals surface area contributed by atoms with E-state index in [0.717, 1.165) is 11.3 Å². The molecule has 0 saturated heterocycles. The van der Waals surface area contributed by atoms with Gasteiger partial charge in [-0.25, -0.2) is 0 Å². The SMILES string of the molecule is CCN(CC(C)C(=O)O)C(=O)C=Cc1ccc(OC)cc1. The van der Waals surface area contributed by atoms with Gasteiger partial charge < -0.3 is 14.7 Å². The normalized spacial score (nSPS) is 12.1. The van der Waals surface area contributed by atoms with E-state index in [1.165, 1.54) is 11.0 Å². The molecule has 0 bridgehead atoms. The predicted octanol–water partition coefficient (Wildman–Crippen LogP) is 2.28. The van der Waals surface area contributed by atoms with Gasteiger partial charge in [-0.1, -0.05) is 19.1 Å². The molecule has 0 aliphatic heterocycles. The molecule has 1 atom stereocenters. The van der Waals surface area contributed by atoms with Gasteiger partial charge >= 0.3 is 5.97 Å². The third kappa shape index (κ3) is 5.30. The van der Waals surface area contributed by atoms with Gasteiger partial charge in [0.25, 0.3) is 0 Å². The summed E-state index contributed by atoms with van der Waals surface area (Å²) in [6.07, 6.45) is 3.16. The molecule has 1 N–H and O–H groups in total. The molecule has 0 spiro atoms. The largest absolute Gasteiger partial charge is 0.497 e. The highest BCUT2D eigenvalue weighted by Gasteiger charge is 2.17. The average Bonchev–Trinajstić information content (AvgIpc) is 2.50. The van der Waals surface area contributed by atoms with Crippen LogP contribution < -0.4 is 4.74 Å². The second kappa shape index (κ2) is 8.09. The first-order chi connectivity index (χ1) is 9.97. The molecule has 114 valence electrons. The number of carbonyl (C=O) groups excluding carboxylic acids is 1. The topological polar surface area (TPSA) is 66.8 Å². The van der Waals surface area contributed by atoms with Crippen molar-refractivity contribution in [1.29, 1.82) is 0 Å². The molecular weight excluding hydrogens is 270 g/mol. The van der Waals surface area contributed by atoms with Crippen molar-refractivity contribution in [2.75, 3.05) is 20.2 Å². The number of carboxylic acid groups (broad SMARTS) is 1. The molecule has 0 aliphatic rings. The first kappa shape index (κ1) is 16.8. The highest BCUT2D eigenvalue weighted by Crippen LogP contribution is 2.12. The fourth-order valence-electron chi connectivity index (χ4n) is 1.77. The minimum absolute atomic E-state index is 0.193. The van der Waals surface area contributed by atoms with Crippen molar-refractivity contribution in [1.82, 2.24) is 4.90 Å². The molecule has 0 saturated carbocycles. The van der Waals surface area contributed by atoms with E-state index in [1.807, 2.05) is 31.2 Å². The van der Waals surface area contributed by atoms with Crippen LogP contribution in [0.5, 0.6) is 5.75 Å². The van der Waals surface area contributed by atoms with Crippen molar-refractivity contribution in [3.8, 4) is 5.75 Å². The van der Waals surface area contributed by atoms with Gasteiger partial charge in [0.15, 0.2) is 0 Å². The number of benzene rings is 1. The first-order valence-corrected chi connectivity index (χ1v) is 6.81. The minimum atomic E-state index is -0.902. The Bertz CT molecular complexity index is 508. The van der Waals surface area contributed by atoms with E-state index in [0.29, 0.717) is 6.54 Å². The van der Waals surface area contributed by atoms with E-state index in [-0.39, 0.29) is 12.5 Å². The van der Waals surface area contributed by atoms with Crippen LogP contribution in [0.4, 0.5) is 0 Å². The van der Waals surface area contributed by atoms with E-state index >= 15 is 0 Å². The highest BCUT2D eigenvalue weighted by atomic mass is 16.5.